The molecule has 25 heavy (non-hydrogen) atoms. The van der Waals surface area contributed by atoms with Gasteiger partial charge < -0.3 is 10.6 Å². The van der Waals surface area contributed by atoms with E-state index >= 15 is 0 Å². The predicted octanol–water partition coefficient (Wildman–Crippen LogP) is 4.01. The highest BCUT2D eigenvalue weighted by Crippen LogP contribution is 2.18. The summed E-state index contributed by atoms with van der Waals surface area (Å²) in [6, 6.07) is 13.1. The molecule has 0 spiro atoms. The molecular weight excluding hydrogens is 312 g/mol. The molecule has 0 aliphatic rings. The Balaban J connectivity index is 2.14. The monoisotopic (exact) mass is 338 g/mol. The standard InChI is InChI=1S/C21H26N2O2/c1-14-10-11-16(15(2)12-14)13-19(24)22-18-9-7-6-8-17(18)20(25)23-21(3,4)5/h6-12H,13H2,1-5H3,(H,22,24)(H,23,25). The molecular formula is C21H26N2O2. The van der Waals surface area contributed by atoms with Gasteiger partial charge >= 0.3 is 0 Å². The van der Waals surface area contributed by atoms with Crippen LogP contribution >= 0.6 is 0 Å². The highest BCUT2D eigenvalue weighted by atomic mass is 16.2. The number of carbonyl (C=O) groups excluding carboxylic acids is 2. The van der Waals surface area contributed by atoms with Gasteiger partial charge in [-0.05, 0) is 57.9 Å². The molecule has 2 N–H and O–H groups in total. The molecule has 0 aliphatic carbocycles. The number of rotatable bonds is 4. The number of nitrogens with one attached hydrogen (secondary N) is 2. The number of carbonyl (C=O) groups is 2. The normalized spacial score (nSPS) is 11.1. The van der Waals surface area contributed by atoms with Crippen molar-refractivity contribution in [2.75, 3.05) is 5.32 Å². The zero-order valence-corrected chi connectivity index (χ0v) is 15.6. The van der Waals surface area contributed by atoms with Crippen LogP contribution in [0.3, 0.4) is 0 Å². The lowest BCUT2D eigenvalue weighted by atomic mass is 10.0. The third-order valence-corrected chi connectivity index (χ3v) is 3.78. The number of hydrogen-bond acceptors (Lipinski definition) is 2. The van der Waals surface area contributed by atoms with Crippen LogP contribution in [-0.2, 0) is 11.2 Å². The minimum absolute atomic E-state index is 0.136. The molecule has 0 aromatic heterocycles. The Hall–Kier alpha value is -2.62. The van der Waals surface area contributed by atoms with Gasteiger partial charge in [0.25, 0.3) is 5.91 Å². The van der Waals surface area contributed by atoms with Crippen molar-refractivity contribution in [3.05, 3.63) is 64.7 Å². The lowest BCUT2D eigenvalue weighted by Crippen LogP contribution is -2.40. The van der Waals surface area contributed by atoms with Crippen molar-refractivity contribution >= 4 is 17.5 Å². The van der Waals surface area contributed by atoms with Gasteiger partial charge in [0, 0.05) is 5.54 Å². The summed E-state index contributed by atoms with van der Waals surface area (Å²) < 4.78 is 0. The second-order valence-corrected chi connectivity index (χ2v) is 7.40. The second-order valence-electron chi connectivity index (χ2n) is 7.40. The van der Waals surface area contributed by atoms with Gasteiger partial charge in [-0.3, -0.25) is 9.59 Å². The second kappa shape index (κ2) is 7.51. The minimum Gasteiger partial charge on any atom is -0.347 e. The van der Waals surface area contributed by atoms with E-state index in [2.05, 4.69) is 16.7 Å². The van der Waals surface area contributed by atoms with Gasteiger partial charge in [0.1, 0.15) is 0 Å². The molecule has 0 saturated heterocycles. The lowest BCUT2D eigenvalue weighted by molar-refractivity contribution is -0.115. The Morgan fingerprint density at radius 1 is 1.00 bits per heavy atom. The Morgan fingerprint density at radius 2 is 1.68 bits per heavy atom. The molecule has 0 aliphatic heterocycles. The van der Waals surface area contributed by atoms with E-state index in [0.717, 1.165) is 11.1 Å². The van der Waals surface area contributed by atoms with Gasteiger partial charge in [-0.25, -0.2) is 0 Å². The molecule has 0 radical (unpaired) electrons. The van der Waals surface area contributed by atoms with Crippen LogP contribution in [0, 0.1) is 13.8 Å². The number of benzene rings is 2. The smallest absolute Gasteiger partial charge is 0.253 e. The van der Waals surface area contributed by atoms with Crippen LogP contribution in [0.25, 0.3) is 0 Å². The van der Waals surface area contributed by atoms with E-state index in [1.54, 1.807) is 24.3 Å². The van der Waals surface area contributed by atoms with E-state index in [0.29, 0.717) is 11.3 Å². The molecule has 0 saturated carbocycles. The zero-order chi connectivity index (χ0) is 18.6. The highest BCUT2D eigenvalue weighted by molar-refractivity contribution is 6.04. The molecule has 4 heteroatoms. The van der Waals surface area contributed by atoms with Crippen molar-refractivity contribution in [2.24, 2.45) is 0 Å². The molecule has 0 bridgehead atoms. The van der Waals surface area contributed by atoms with Crippen molar-refractivity contribution in [2.45, 2.75) is 46.6 Å². The van der Waals surface area contributed by atoms with Crippen molar-refractivity contribution in [1.29, 1.82) is 0 Å². The van der Waals surface area contributed by atoms with Crippen LogP contribution in [0.15, 0.2) is 42.5 Å². The maximum absolute atomic E-state index is 12.5. The van der Waals surface area contributed by atoms with Crippen molar-refractivity contribution < 1.29 is 9.59 Å². The molecule has 0 heterocycles. The van der Waals surface area contributed by atoms with Crippen LogP contribution in [0.2, 0.25) is 0 Å². The summed E-state index contributed by atoms with van der Waals surface area (Å²) >= 11 is 0. The molecule has 132 valence electrons. The van der Waals surface area contributed by atoms with Crippen LogP contribution < -0.4 is 10.6 Å². The topological polar surface area (TPSA) is 58.2 Å². The van der Waals surface area contributed by atoms with Crippen LogP contribution in [-0.4, -0.2) is 17.4 Å². The van der Waals surface area contributed by atoms with Gasteiger partial charge in [-0.2, -0.15) is 0 Å². The number of para-hydroxylation sites is 1. The molecule has 0 fully saturated rings. The summed E-state index contributed by atoms with van der Waals surface area (Å²) in [5.41, 5.74) is 3.90. The van der Waals surface area contributed by atoms with Crippen LogP contribution in [0.4, 0.5) is 5.69 Å². The summed E-state index contributed by atoms with van der Waals surface area (Å²) in [7, 11) is 0. The van der Waals surface area contributed by atoms with Gasteiger partial charge in [0.2, 0.25) is 5.91 Å². The maximum atomic E-state index is 12.5. The van der Waals surface area contributed by atoms with E-state index in [-0.39, 0.29) is 23.8 Å². The number of amides is 2. The molecule has 2 aromatic carbocycles. The van der Waals surface area contributed by atoms with Crippen LogP contribution in [0.5, 0.6) is 0 Å². The molecule has 4 nitrogen and oxygen atoms in total. The molecule has 0 unspecified atom stereocenters. The first-order valence-corrected chi connectivity index (χ1v) is 8.43. The van der Waals surface area contributed by atoms with E-state index in [1.165, 1.54) is 5.56 Å². The Kier molecular flexibility index (Phi) is 5.62. The number of hydrogen-bond donors (Lipinski definition) is 2. The van der Waals surface area contributed by atoms with E-state index in [1.807, 2.05) is 46.8 Å². The van der Waals surface area contributed by atoms with Crippen molar-refractivity contribution in [3.63, 3.8) is 0 Å². The fourth-order valence-electron chi connectivity index (χ4n) is 2.61. The maximum Gasteiger partial charge on any atom is 0.253 e. The predicted molar refractivity (Wildman–Crippen MR) is 102 cm³/mol. The van der Waals surface area contributed by atoms with Crippen molar-refractivity contribution in [1.82, 2.24) is 5.32 Å². The van der Waals surface area contributed by atoms with Gasteiger partial charge in [-0.15, -0.1) is 0 Å². The fourth-order valence-corrected chi connectivity index (χ4v) is 2.61. The highest BCUT2D eigenvalue weighted by Gasteiger charge is 2.18. The summed E-state index contributed by atoms with van der Waals surface area (Å²) in [4.78, 5) is 24.9. The van der Waals surface area contributed by atoms with E-state index in [4.69, 9.17) is 0 Å². The summed E-state index contributed by atoms with van der Waals surface area (Å²) in [6.45, 7) is 9.80. The molecule has 2 rings (SSSR count). The third kappa shape index (κ3) is 5.45. The molecule has 2 amide bonds. The Morgan fingerprint density at radius 3 is 2.32 bits per heavy atom. The third-order valence-electron chi connectivity index (χ3n) is 3.78. The average Bonchev–Trinajstić information content (AvgIpc) is 2.49. The first-order chi connectivity index (χ1) is 11.7. The summed E-state index contributed by atoms with van der Waals surface area (Å²) in [5, 5.41) is 5.79. The fraction of sp³-hybridized carbons (Fsp3) is 0.333. The Labute approximate surface area is 149 Å². The van der Waals surface area contributed by atoms with Gasteiger partial charge in [0.05, 0.1) is 17.7 Å². The van der Waals surface area contributed by atoms with Gasteiger partial charge in [-0.1, -0.05) is 35.9 Å². The number of anilines is 1. The zero-order valence-electron chi connectivity index (χ0n) is 15.6. The quantitative estimate of drug-likeness (QED) is 0.885. The van der Waals surface area contributed by atoms with Crippen LogP contribution in [0.1, 0.15) is 47.8 Å². The Bertz CT molecular complexity index is 789. The minimum atomic E-state index is -0.340. The molecule has 0 atom stereocenters. The first kappa shape index (κ1) is 18.7. The van der Waals surface area contributed by atoms with Gasteiger partial charge in [0.15, 0.2) is 0 Å². The average molecular weight is 338 g/mol. The molecule has 2 aromatic rings. The van der Waals surface area contributed by atoms with E-state index in [9.17, 15) is 9.59 Å². The largest absolute Gasteiger partial charge is 0.347 e. The SMILES string of the molecule is Cc1ccc(CC(=O)Nc2ccccc2C(=O)NC(C)(C)C)c(C)c1. The summed E-state index contributed by atoms with van der Waals surface area (Å²) in [5.74, 6) is -0.335. The van der Waals surface area contributed by atoms with Crippen molar-refractivity contribution in [3.8, 4) is 0 Å². The summed E-state index contributed by atoms with van der Waals surface area (Å²) in [6.07, 6.45) is 0.279. The lowest BCUT2D eigenvalue weighted by Gasteiger charge is -2.21. The van der Waals surface area contributed by atoms with E-state index < -0.39 is 0 Å². The first-order valence-electron chi connectivity index (χ1n) is 8.43. The number of aryl methyl sites for hydroxylation is 2.